The lowest BCUT2D eigenvalue weighted by Gasteiger charge is -2.24. The molecule has 0 bridgehead atoms. The number of ether oxygens (including phenoxy) is 1. The quantitative estimate of drug-likeness (QED) is 0.754. The standard InChI is InChI=1S/C11H19ClN2O4/c1-11(2,3)18-10(17)14(4)7-8(15)6-13-9(16)5-12/h5-7H2,1-4H3,(H,13,16). The molecule has 0 unspecified atom stereocenters. The van der Waals surface area contributed by atoms with Crippen LogP contribution in [-0.4, -0.2) is 54.3 Å². The van der Waals surface area contributed by atoms with Crippen LogP contribution in [0.15, 0.2) is 0 Å². The van der Waals surface area contributed by atoms with Gasteiger partial charge in [0.05, 0.1) is 13.1 Å². The van der Waals surface area contributed by atoms with E-state index in [4.69, 9.17) is 16.3 Å². The Labute approximate surface area is 112 Å². The lowest BCUT2D eigenvalue weighted by atomic mass is 10.2. The fourth-order valence-corrected chi connectivity index (χ4v) is 1.06. The lowest BCUT2D eigenvalue weighted by Crippen LogP contribution is -2.40. The van der Waals surface area contributed by atoms with Crippen molar-refractivity contribution in [1.29, 1.82) is 0 Å². The van der Waals surface area contributed by atoms with Crippen molar-refractivity contribution in [2.45, 2.75) is 26.4 Å². The van der Waals surface area contributed by atoms with Gasteiger partial charge in [-0.3, -0.25) is 9.59 Å². The van der Waals surface area contributed by atoms with Crippen molar-refractivity contribution in [2.75, 3.05) is 26.0 Å². The largest absolute Gasteiger partial charge is 0.444 e. The smallest absolute Gasteiger partial charge is 0.410 e. The van der Waals surface area contributed by atoms with E-state index < -0.39 is 17.6 Å². The van der Waals surface area contributed by atoms with Crippen LogP contribution in [-0.2, 0) is 14.3 Å². The number of rotatable bonds is 5. The van der Waals surface area contributed by atoms with Crippen LogP contribution in [0.1, 0.15) is 20.8 Å². The van der Waals surface area contributed by atoms with Crippen LogP contribution in [0, 0.1) is 0 Å². The van der Waals surface area contributed by atoms with Gasteiger partial charge in [0.1, 0.15) is 11.5 Å². The number of likely N-dealkylation sites (N-methyl/N-ethyl adjacent to an activating group) is 1. The highest BCUT2D eigenvalue weighted by atomic mass is 35.5. The fraction of sp³-hybridized carbons (Fsp3) is 0.727. The molecule has 0 aliphatic rings. The third-order valence-corrected chi connectivity index (χ3v) is 1.97. The minimum absolute atomic E-state index is 0.128. The van der Waals surface area contributed by atoms with Gasteiger partial charge in [-0.1, -0.05) is 0 Å². The number of nitrogens with one attached hydrogen (secondary N) is 1. The average Bonchev–Trinajstić information content (AvgIpc) is 2.23. The Morgan fingerprint density at radius 3 is 2.28 bits per heavy atom. The van der Waals surface area contributed by atoms with Crippen LogP contribution in [0.5, 0.6) is 0 Å². The summed E-state index contributed by atoms with van der Waals surface area (Å²) < 4.78 is 5.07. The lowest BCUT2D eigenvalue weighted by molar-refractivity contribution is -0.124. The molecule has 0 radical (unpaired) electrons. The van der Waals surface area contributed by atoms with E-state index >= 15 is 0 Å². The number of halogens is 1. The molecular weight excluding hydrogens is 260 g/mol. The van der Waals surface area contributed by atoms with Crippen molar-refractivity contribution in [1.82, 2.24) is 10.2 Å². The van der Waals surface area contributed by atoms with Gasteiger partial charge in [-0.2, -0.15) is 0 Å². The Hall–Kier alpha value is -1.30. The molecule has 7 heteroatoms. The molecule has 6 nitrogen and oxygen atoms in total. The summed E-state index contributed by atoms with van der Waals surface area (Å²) in [5.74, 6) is -0.929. The van der Waals surface area contributed by atoms with Gasteiger partial charge in [-0.25, -0.2) is 4.79 Å². The number of Topliss-reactive ketones (excluding diaryl/α,β-unsaturated/α-hetero) is 1. The van der Waals surface area contributed by atoms with E-state index in [9.17, 15) is 14.4 Å². The fourth-order valence-electron chi connectivity index (χ4n) is 0.969. The van der Waals surface area contributed by atoms with Crippen LogP contribution in [0.2, 0.25) is 0 Å². The summed E-state index contributed by atoms with van der Waals surface area (Å²) >= 11 is 5.26. The highest BCUT2D eigenvalue weighted by Crippen LogP contribution is 2.08. The van der Waals surface area contributed by atoms with E-state index in [0.29, 0.717) is 0 Å². The number of ketones is 1. The van der Waals surface area contributed by atoms with Crippen molar-refractivity contribution < 1.29 is 19.1 Å². The van der Waals surface area contributed by atoms with Gasteiger partial charge < -0.3 is 15.0 Å². The van der Waals surface area contributed by atoms with Crippen molar-refractivity contribution >= 4 is 29.4 Å². The predicted octanol–water partition coefficient (Wildman–Crippen LogP) is 0.777. The van der Waals surface area contributed by atoms with Crippen molar-refractivity contribution in [2.24, 2.45) is 0 Å². The van der Waals surface area contributed by atoms with Gasteiger partial charge in [-0.15, -0.1) is 11.6 Å². The maximum Gasteiger partial charge on any atom is 0.410 e. The minimum atomic E-state index is -0.610. The van der Waals surface area contributed by atoms with Gasteiger partial charge in [-0.05, 0) is 20.8 Å². The van der Waals surface area contributed by atoms with Crippen LogP contribution in [0.3, 0.4) is 0 Å². The molecule has 2 amide bonds. The molecule has 104 valence electrons. The molecule has 0 atom stereocenters. The number of nitrogens with zero attached hydrogens (tertiary/aromatic N) is 1. The average molecular weight is 279 g/mol. The highest BCUT2D eigenvalue weighted by molar-refractivity contribution is 6.27. The third kappa shape index (κ3) is 7.89. The molecular formula is C11H19ClN2O4. The maximum absolute atomic E-state index is 11.5. The summed E-state index contributed by atoms with van der Waals surface area (Å²) in [4.78, 5) is 34.9. The second-order valence-corrected chi connectivity index (χ2v) is 5.05. The Morgan fingerprint density at radius 1 is 1.28 bits per heavy atom. The number of hydrogen-bond donors (Lipinski definition) is 1. The molecule has 0 heterocycles. The summed E-state index contributed by atoms with van der Waals surface area (Å²) in [6.45, 7) is 4.93. The van der Waals surface area contributed by atoms with E-state index in [2.05, 4.69) is 5.32 Å². The normalized spacial score (nSPS) is 10.7. The van der Waals surface area contributed by atoms with Gasteiger partial charge in [0, 0.05) is 7.05 Å². The first-order valence-electron chi connectivity index (χ1n) is 5.44. The van der Waals surface area contributed by atoms with Gasteiger partial charge >= 0.3 is 6.09 Å². The number of alkyl halides is 1. The SMILES string of the molecule is CN(CC(=O)CNC(=O)CCl)C(=O)OC(C)(C)C. The molecule has 0 aromatic rings. The van der Waals surface area contributed by atoms with Gasteiger partial charge in [0.15, 0.2) is 5.78 Å². The second-order valence-electron chi connectivity index (χ2n) is 4.79. The van der Waals surface area contributed by atoms with Crippen molar-refractivity contribution in [3.8, 4) is 0 Å². The second kappa shape index (κ2) is 7.20. The first-order valence-corrected chi connectivity index (χ1v) is 5.97. The zero-order valence-corrected chi connectivity index (χ0v) is 11.8. The number of hydrogen-bond acceptors (Lipinski definition) is 4. The summed E-state index contributed by atoms with van der Waals surface area (Å²) in [5, 5.41) is 2.33. The zero-order valence-electron chi connectivity index (χ0n) is 11.1. The van der Waals surface area contributed by atoms with Crippen LogP contribution in [0.25, 0.3) is 0 Å². The summed E-state index contributed by atoms with van der Waals surface area (Å²) in [6, 6.07) is 0. The monoisotopic (exact) mass is 278 g/mol. The third-order valence-electron chi connectivity index (χ3n) is 1.72. The Bertz CT molecular complexity index is 325. The van der Waals surface area contributed by atoms with Crippen LogP contribution < -0.4 is 5.32 Å². The van der Waals surface area contributed by atoms with E-state index in [1.165, 1.54) is 7.05 Å². The molecule has 0 saturated carbocycles. The Kier molecular flexibility index (Phi) is 6.68. The molecule has 0 aromatic carbocycles. The Balaban J connectivity index is 4.07. The number of amides is 2. The molecule has 0 aliphatic heterocycles. The zero-order chi connectivity index (χ0) is 14.3. The summed E-state index contributed by atoms with van der Waals surface area (Å²) in [6.07, 6.45) is -0.584. The van der Waals surface area contributed by atoms with Gasteiger partial charge in [0.25, 0.3) is 0 Å². The number of carbonyl (C=O) groups is 3. The van der Waals surface area contributed by atoms with E-state index in [0.717, 1.165) is 4.90 Å². The molecule has 0 rings (SSSR count). The molecule has 0 aliphatic carbocycles. The maximum atomic E-state index is 11.5. The van der Waals surface area contributed by atoms with Crippen molar-refractivity contribution in [3.05, 3.63) is 0 Å². The van der Waals surface area contributed by atoms with Crippen LogP contribution >= 0.6 is 11.6 Å². The first kappa shape index (κ1) is 16.7. The topological polar surface area (TPSA) is 75.7 Å². The minimum Gasteiger partial charge on any atom is -0.444 e. The highest BCUT2D eigenvalue weighted by Gasteiger charge is 2.21. The molecule has 0 spiro atoms. The first-order chi connectivity index (χ1) is 8.15. The summed E-state index contributed by atoms with van der Waals surface area (Å²) in [7, 11) is 1.45. The molecule has 0 saturated heterocycles. The van der Waals surface area contributed by atoms with Gasteiger partial charge in [0.2, 0.25) is 5.91 Å². The van der Waals surface area contributed by atoms with E-state index in [1.54, 1.807) is 20.8 Å². The molecule has 18 heavy (non-hydrogen) atoms. The van der Waals surface area contributed by atoms with E-state index in [1.807, 2.05) is 0 Å². The summed E-state index contributed by atoms with van der Waals surface area (Å²) in [5.41, 5.74) is -0.610. The number of carbonyl (C=O) groups excluding carboxylic acids is 3. The predicted molar refractivity (Wildman–Crippen MR) is 67.6 cm³/mol. The molecule has 0 aromatic heterocycles. The molecule has 0 fully saturated rings. The van der Waals surface area contributed by atoms with E-state index in [-0.39, 0.29) is 24.8 Å². The Morgan fingerprint density at radius 2 is 1.83 bits per heavy atom. The molecule has 1 N–H and O–H groups in total. The van der Waals surface area contributed by atoms with Crippen LogP contribution in [0.4, 0.5) is 4.79 Å². The van der Waals surface area contributed by atoms with Crippen molar-refractivity contribution in [3.63, 3.8) is 0 Å².